The third-order valence-corrected chi connectivity index (χ3v) is 5.40. The van der Waals surface area contributed by atoms with Crippen LogP contribution in [-0.2, 0) is 18.4 Å². The van der Waals surface area contributed by atoms with Gasteiger partial charge in [-0.15, -0.1) is 10.2 Å². The Balaban J connectivity index is 1.53. The van der Waals surface area contributed by atoms with E-state index in [4.69, 9.17) is 16.3 Å². The van der Waals surface area contributed by atoms with Crippen molar-refractivity contribution in [1.82, 2.24) is 14.8 Å². The molecule has 0 aliphatic heterocycles. The van der Waals surface area contributed by atoms with Crippen LogP contribution in [-0.4, -0.2) is 31.3 Å². The third kappa shape index (κ3) is 5.49. The van der Waals surface area contributed by atoms with Crippen molar-refractivity contribution >= 4 is 40.6 Å². The summed E-state index contributed by atoms with van der Waals surface area (Å²) in [5.41, 5.74) is 1.47. The predicted molar refractivity (Wildman–Crippen MR) is 114 cm³/mol. The summed E-state index contributed by atoms with van der Waals surface area (Å²) in [7, 11) is 1.78. The van der Waals surface area contributed by atoms with E-state index in [-0.39, 0.29) is 24.0 Å². The molecule has 9 nitrogen and oxygen atoms in total. The van der Waals surface area contributed by atoms with Gasteiger partial charge in [0, 0.05) is 24.9 Å². The second-order valence-corrected chi connectivity index (χ2v) is 7.67. The summed E-state index contributed by atoms with van der Waals surface area (Å²) in [6.07, 6.45) is 0. The monoisotopic (exact) mass is 447 g/mol. The van der Waals surface area contributed by atoms with Crippen molar-refractivity contribution in [1.29, 1.82) is 0 Å². The smallest absolute Gasteiger partial charge is 0.269 e. The number of nitro benzene ring substituents is 1. The molecule has 30 heavy (non-hydrogen) atoms. The molecule has 0 bridgehead atoms. The summed E-state index contributed by atoms with van der Waals surface area (Å²) < 4.78 is 7.48. The average molecular weight is 448 g/mol. The van der Waals surface area contributed by atoms with E-state index in [9.17, 15) is 14.9 Å². The molecule has 0 aliphatic carbocycles. The van der Waals surface area contributed by atoms with Crippen molar-refractivity contribution in [3.63, 3.8) is 0 Å². The fourth-order valence-corrected chi connectivity index (χ4v) is 3.36. The summed E-state index contributed by atoms with van der Waals surface area (Å²) in [6, 6.07) is 11.1. The molecule has 0 spiro atoms. The molecular weight excluding hydrogens is 430 g/mol. The number of anilines is 1. The third-order valence-electron chi connectivity index (χ3n) is 4.06. The first-order chi connectivity index (χ1) is 14.3. The van der Waals surface area contributed by atoms with E-state index in [0.717, 1.165) is 5.56 Å². The number of rotatable bonds is 8. The molecule has 1 aromatic heterocycles. The average Bonchev–Trinajstić information content (AvgIpc) is 3.07. The number of thioether (sulfide) groups is 1. The van der Waals surface area contributed by atoms with Gasteiger partial charge in [-0.1, -0.05) is 29.4 Å². The molecule has 1 heterocycles. The topological polar surface area (TPSA) is 112 Å². The van der Waals surface area contributed by atoms with Crippen molar-refractivity contribution in [3.05, 3.63) is 69.0 Å². The van der Waals surface area contributed by atoms with Crippen LogP contribution in [0.25, 0.3) is 0 Å². The Morgan fingerprint density at radius 3 is 2.70 bits per heavy atom. The molecule has 1 N–H and O–H groups in total. The van der Waals surface area contributed by atoms with Gasteiger partial charge in [-0.05, 0) is 36.8 Å². The molecule has 0 unspecified atom stereocenters. The van der Waals surface area contributed by atoms with Crippen molar-refractivity contribution in [3.8, 4) is 5.75 Å². The lowest BCUT2D eigenvalue weighted by atomic mass is 10.2. The maximum Gasteiger partial charge on any atom is 0.269 e. The molecule has 11 heteroatoms. The highest BCUT2D eigenvalue weighted by atomic mass is 35.5. The Labute approximate surface area is 181 Å². The van der Waals surface area contributed by atoms with E-state index in [2.05, 4.69) is 15.5 Å². The lowest BCUT2D eigenvalue weighted by Crippen LogP contribution is -2.14. The second-order valence-electron chi connectivity index (χ2n) is 6.32. The van der Waals surface area contributed by atoms with E-state index in [1.807, 2.05) is 19.1 Å². The molecule has 1 amide bonds. The van der Waals surface area contributed by atoms with Gasteiger partial charge in [-0.25, -0.2) is 0 Å². The first-order valence-corrected chi connectivity index (χ1v) is 10.1. The quantitative estimate of drug-likeness (QED) is 0.315. The van der Waals surface area contributed by atoms with Crippen LogP contribution in [0.3, 0.4) is 0 Å². The summed E-state index contributed by atoms with van der Waals surface area (Å²) in [5, 5.41) is 22.6. The molecule has 3 rings (SSSR count). The number of carbonyl (C=O) groups excluding carboxylic acids is 1. The predicted octanol–water partition coefficient (Wildman–Crippen LogP) is 3.99. The largest absolute Gasteiger partial charge is 0.484 e. The maximum atomic E-state index is 12.1. The SMILES string of the molecule is Cc1ccc(Cl)c(OCc2nnc(SCC(=O)Nc3ccc([N+](=O)[O-])cc3)n2C)c1. The minimum Gasteiger partial charge on any atom is -0.484 e. The summed E-state index contributed by atoms with van der Waals surface area (Å²) in [4.78, 5) is 22.3. The highest BCUT2D eigenvalue weighted by Gasteiger charge is 2.13. The Hall–Kier alpha value is -3.11. The zero-order valence-corrected chi connectivity index (χ0v) is 17.7. The molecule has 0 saturated heterocycles. The van der Waals surface area contributed by atoms with Crippen molar-refractivity contribution in [2.75, 3.05) is 11.1 Å². The van der Waals surface area contributed by atoms with Crippen molar-refractivity contribution < 1.29 is 14.5 Å². The summed E-state index contributed by atoms with van der Waals surface area (Å²) >= 11 is 7.35. The normalized spacial score (nSPS) is 10.6. The Bertz CT molecular complexity index is 1070. The lowest BCUT2D eigenvalue weighted by Gasteiger charge is -2.09. The number of benzene rings is 2. The molecule has 0 atom stereocenters. The molecule has 156 valence electrons. The van der Waals surface area contributed by atoms with Crippen molar-refractivity contribution in [2.24, 2.45) is 7.05 Å². The standard InChI is InChI=1S/C19H18ClN5O4S/c1-12-3-8-15(20)16(9-12)29-10-17-22-23-19(24(17)2)30-11-18(26)21-13-4-6-14(7-5-13)25(27)28/h3-9H,10-11H2,1-2H3,(H,21,26). The number of hydrogen-bond donors (Lipinski definition) is 1. The summed E-state index contributed by atoms with van der Waals surface area (Å²) in [5.74, 6) is 0.997. The van der Waals surface area contributed by atoms with Crippen LogP contribution < -0.4 is 10.1 Å². The van der Waals surface area contributed by atoms with Crippen LogP contribution in [0, 0.1) is 17.0 Å². The highest BCUT2D eigenvalue weighted by molar-refractivity contribution is 7.99. The first-order valence-electron chi connectivity index (χ1n) is 8.78. The highest BCUT2D eigenvalue weighted by Crippen LogP contribution is 2.26. The molecule has 0 fully saturated rings. The van der Waals surface area contributed by atoms with Gasteiger partial charge in [-0.3, -0.25) is 14.9 Å². The Morgan fingerprint density at radius 2 is 2.00 bits per heavy atom. The van der Waals surface area contributed by atoms with Gasteiger partial charge in [0.15, 0.2) is 11.0 Å². The van der Waals surface area contributed by atoms with Crippen LogP contribution in [0.5, 0.6) is 5.75 Å². The van der Waals surface area contributed by atoms with E-state index < -0.39 is 4.92 Å². The van der Waals surface area contributed by atoms with Gasteiger partial charge in [-0.2, -0.15) is 0 Å². The van der Waals surface area contributed by atoms with Crippen LogP contribution in [0.2, 0.25) is 5.02 Å². The number of hydrogen-bond acceptors (Lipinski definition) is 7. The fraction of sp³-hybridized carbons (Fsp3) is 0.211. The number of nitro groups is 1. The van der Waals surface area contributed by atoms with Crippen molar-refractivity contribution in [2.45, 2.75) is 18.7 Å². The number of ether oxygens (including phenoxy) is 1. The van der Waals surface area contributed by atoms with Gasteiger partial charge < -0.3 is 14.6 Å². The van der Waals surface area contributed by atoms with Gasteiger partial charge in [0.2, 0.25) is 5.91 Å². The summed E-state index contributed by atoms with van der Waals surface area (Å²) in [6.45, 7) is 2.13. The van der Waals surface area contributed by atoms with E-state index in [0.29, 0.717) is 27.4 Å². The number of aromatic nitrogens is 3. The second kappa shape index (κ2) is 9.59. The van der Waals surface area contributed by atoms with Gasteiger partial charge >= 0.3 is 0 Å². The van der Waals surface area contributed by atoms with E-state index in [1.165, 1.54) is 36.0 Å². The maximum absolute atomic E-state index is 12.1. The molecule has 0 radical (unpaired) electrons. The van der Waals surface area contributed by atoms with Crippen LogP contribution in [0.4, 0.5) is 11.4 Å². The Kier molecular flexibility index (Phi) is 6.91. The number of non-ortho nitro benzene ring substituents is 1. The minimum absolute atomic E-state index is 0.0387. The van der Waals surface area contributed by atoms with Crippen LogP contribution in [0.1, 0.15) is 11.4 Å². The van der Waals surface area contributed by atoms with Gasteiger partial charge in [0.25, 0.3) is 5.69 Å². The lowest BCUT2D eigenvalue weighted by molar-refractivity contribution is -0.384. The van der Waals surface area contributed by atoms with Gasteiger partial charge in [0.05, 0.1) is 15.7 Å². The zero-order chi connectivity index (χ0) is 21.7. The Morgan fingerprint density at radius 1 is 1.27 bits per heavy atom. The number of aryl methyl sites for hydroxylation is 1. The van der Waals surface area contributed by atoms with Crippen LogP contribution >= 0.6 is 23.4 Å². The van der Waals surface area contributed by atoms with Gasteiger partial charge in [0.1, 0.15) is 12.4 Å². The first kappa shape index (κ1) is 21.6. The van der Waals surface area contributed by atoms with E-state index in [1.54, 1.807) is 17.7 Å². The minimum atomic E-state index is -0.496. The van der Waals surface area contributed by atoms with Crippen LogP contribution in [0.15, 0.2) is 47.6 Å². The van der Waals surface area contributed by atoms with E-state index >= 15 is 0 Å². The molecule has 0 aliphatic rings. The molecule has 0 saturated carbocycles. The zero-order valence-electron chi connectivity index (χ0n) is 16.2. The molecule has 2 aromatic carbocycles. The number of halogens is 1. The number of amides is 1. The fourth-order valence-electron chi connectivity index (χ4n) is 2.45. The number of nitrogens with zero attached hydrogens (tertiary/aromatic N) is 4. The molecule has 3 aromatic rings. The molecular formula is C19H18ClN5O4S. The number of nitrogens with one attached hydrogen (secondary N) is 1. The number of carbonyl (C=O) groups is 1.